The van der Waals surface area contributed by atoms with E-state index < -0.39 is 0 Å². The fourth-order valence-electron chi connectivity index (χ4n) is 4.46. The second-order valence-electron chi connectivity index (χ2n) is 8.36. The van der Waals surface area contributed by atoms with Crippen molar-refractivity contribution in [1.29, 1.82) is 0 Å². The van der Waals surface area contributed by atoms with Gasteiger partial charge < -0.3 is 9.80 Å². The van der Waals surface area contributed by atoms with Gasteiger partial charge in [-0.15, -0.1) is 0 Å². The maximum atomic E-state index is 13.0. The Hall–Kier alpha value is -2.47. The molecule has 0 radical (unpaired) electrons. The second-order valence-corrected chi connectivity index (χ2v) is 8.36. The van der Waals surface area contributed by atoms with Crippen LogP contribution in [0, 0.1) is 5.92 Å². The number of carbonyl (C=O) groups is 2. The van der Waals surface area contributed by atoms with Gasteiger partial charge in [0.15, 0.2) is 0 Å². The van der Waals surface area contributed by atoms with Gasteiger partial charge in [-0.3, -0.25) is 19.5 Å². The van der Waals surface area contributed by atoms with E-state index in [9.17, 15) is 9.59 Å². The molecule has 0 unspecified atom stereocenters. The van der Waals surface area contributed by atoms with Crippen LogP contribution < -0.4 is 0 Å². The zero-order valence-electron chi connectivity index (χ0n) is 16.8. The number of rotatable bonds is 4. The minimum Gasteiger partial charge on any atom is -0.332 e. The van der Waals surface area contributed by atoms with E-state index >= 15 is 0 Å². The van der Waals surface area contributed by atoms with Gasteiger partial charge in [0, 0.05) is 44.8 Å². The summed E-state index contributed by atoms with van der Waals surface area (Å²) in [5.74, 6) is 0.548. The van der Waals surface area contributed by atoms with Gasteiger partial charge in [0.25, 0.3) is 0 Å². The Morgan fingerprint density at radius 1 is 1.11 bits per heavy atom. The summed E-state index contributed by atoms with van der Waals surface area (Å²) in [5, 5.41) is 1.15. The van der Waals surface area contributed by atoms with Crippen LogP contribution in [0.25, 0.3) is 10.9 Å². The lowest BCUT2D eigenvalue weighted by Gasteiger charge is -2.48. The summed E-state index contributed by atoms with van der Waals surface area (Å²) in [7, 11) is 1.78. The number of piperazine rings is 2. The SMILES string of the molecule is CC(C)C[C@H]1C(=O)N2CCN(Cc3cccc4ncccc34)C[C@@H]2C(=O)N1C. The van der Waals surface area contributed by atoms with Gasteiger partial charge in [-0.2, -0.15) is 0 Å². The van der Waals surface area contributed by atoms with E-state index in [0.29, 0.717) is 19.0 Å². The first-order valence-electron chi connectivity index (χ1n) is 10.1. The van der Waals surface area contributed by atoms with Gasteiger partial charge in [0.05, 0.1) is 5.52 Å². The Morgan fingerprint density at radius 3 is 2.71 bits per heavy atom. The Kier molecular flexibility index (Phi) is 5.06. The third-order valence-corrected chi connectivity index (χ3v) is 5.96. The number of hydrogen-bond donors (Lipinski definition) is 0. The molecule has 0 spiro atoms. The summed E-state index contributed by atoms with van der Waals surface area (Å²) in [6.45, 7) is 6.92. The predicted octanol–water partition coefficient (Wildman–Crippen LogP) is 2.13. The molecule has 148 valence electrons. The van der Waals surface area contributed by atoms with Crippen LogP contribution in [0.2, 0.25) is 0 Å². The maximum Gasteiger partial charge on any atom is 0.247 e. The molecule has 0 saturated carbocycles. The topological polar surface area (TPSA) is 56.8 Å². The van der Waals surface area contributed by atoms with Crippen molar-refractivity contribution >= 4 is 22.7 Å². The summed E-state index contributed by atoms with van der Waals surface area (Å²) in [4.78, 5) is 36.2. The first-order valence-corrected chi connectivity index (χ1v) is 10.1. The molecule has 0 N–H and O–H groups in total. The zero-order chi connectivity index (χ0) is 19.8. The van der Waals surface area contributed by atoms with Crippen molar-refractivity contribution in [1.82, 2.24) is 19.7 Å². The van der Waals surface area contributed by atoms with Gasteiger partial charge in [-0.1, -0.05) is 32.0 Å². The molecule has 4 rings (SSSR count). The highest BCUT2D eigenvalue weighted by Gasteiger charge is 2.46. The third kappa shape index (κ3) is 3.37. The molecule has 2 amide bonds. The predicted molar refractivity (Wildman–Crippen MR) is 109 cm³/mol. The molecule has 1 aromatic heterocycles. The van der Waals surface area contributed by atoms with Crippen molar-refractivity contribution < 1.29 is 9.59 Å². The number of pyridine rings is 1. The van der Waals surface area contributed by atoms with Crippen molar-refractivity contribution in [2.75, 3.05) is 26.7 Å². The molecule has 0 bridgehead atoms. The van der Waals surface area contributed by atoms with Crippen LogP contribution in [0.1, 0.15) is 25.8 Å². The Morgan fingerprint density at radius 2 is 1.93 bits per heavy atom. The molecule has 2 aliphatic heterocycles. The van der Waals surface area contributed by atoms with E-state index in [4.69, 9.17) is 0 Å². The molecule has 2 aliphatic rings. The van der Waals surface area contributed by atoms with Crippen LogP contribution >= 0.6 is 0 Å². The van der Waals surface area contributed by atoms with Gasteiger partial charge in [-0.05, 0) is 30.0 Å². The standard InChI is InChI=1S/C22H28N4O2/c1-15(2)12-19-22(28)26-11-10-25(14-20(26)21(27)24(19)3)13-16-6-4-8-18-17(16)7-5-9-23-18/h4-9,15,19-20H,10-14H2,1-3H3/t19-,20+/m0/s1. The number of hydrogen-bond acceptors (Lipinski definition) is 4. The molecule has 2 saturated heterocycles. The van der Waals surface area contributed by atoms with E-state index in [1.54, 1.807) is 18.1 Å². The Balaban J connectivity index is 1.52. The summed E-state index contributed by atoms with van der Waals surface area (Å²) in [6.07, 6.45) is 2.53. The molecule has 0 aliphatic carbocycles. The van der Waals surface area contributed by atoms with E-state index in [2.05, 4.69) is 35.9 Å². The fraction of sp³-hybridized carbons (Fsp3) is 0.500. The number of fused-ring (bicyclic) bond motifs is 2. The maximum absolute atomic E-state index is 13.0. The Bertz CT molecular complexity index is 892. The smallest absolute Gasteiger partial charge is 0.247 e. The number of benzene rings is 1. The monoisotopic (exact) mass is 380 g/mol. The van der Waals surface area contributed by atoms with Crippen LogP contribution in [0.3, 0.4) is 0 Å². The first kappa shape index (κ1) is 18.9. The lowest BCUT2D eigenvalue weighted by molar-refractivity contribution is -0.164. The molecule has 28 heavy (non-hydrogen) atoms. The highest BCUT2D eigenvalue weighted by Crippen LogP contribution is 2.26. The van der Waals surface area contributed by atoms with Crippen molar-refractivity contribution in [2.45, 2.75) is 38.9 Å². The highest BCUT2D eigenvalue weighted by molar-refractivity contribution is 5.97. The summed E-state index contributed by atoms with van der Waals surface area (Å²) in [6, 6.07) is 9.52. The van der Waals surface area contributed by atoms with Crippen LogP contribution in [-0.4, -0.2) is 70.3 Å². The molecule has 3 heterocycles. The molecule has 2 fully saturated rings. The van der Waals surface area contributed by atoms with E-state index in [0.717, 1.165) is 30.4 Å². The molecule has 6 nitrogen and oxygen atoms in total. The average Bonchev–Trinajstić information content (AvgIpc) is 2.69. The van der Waals surface area contributed by atoms with Crippen molar-refractivity contribution in [3.8, 4) is 0 Å². The Labute approximate surface area is 166 Å². The first-order chi connectivity index (χ1) is 13.5. The minimum absolute atomic E-state index is 0.0644. The number of carbonyl (C=O) groups excluding carboxylic acids is 2. The zero-order valence-corrected chi connectivity index (χ0v) is 16.8. The number of amides is 2. The average molecular weight is 380 g/mol. The number of nitrogens with zero attached hydrogens (tertiary/aromatic N) is 4. The summed E-state index contributed by atoms with van der Waals surface area (Å²) < 4.78 is 0. The normalized spacial score (nSPS) is 23.6. The lowest BCUT2D eigenvalue weighted by Crippen LogP contribution is -2.69. The van der Waals surface area contributed by atoms with E-state index in [1.807, 2.05) is 23.1 Å². The molecule has 2 atom stereocenters. The van der Waals surface area contributed by atoms with Crippen LogP contribution in [0.15, 0.2) is 36.5 Å². The third-order valence-electron chi connectivity index (χ3n) is 5.96. The van der Waals surface area contributed by atoms with E-state index in [-0.39, 0.29) is 23.9 Å². The summed E-state index contributed by atoms with van der Waals surface area (Å²) >= 11 is 0. The molecule has 2 aromatic rings. The number of likely N-dealkylation sites (N-methyl/N-ethyl adjacent to an activating group) is 1. The van der Waals surface area contributed by atoms with Gasteiger partial charge in [0.1, 0.15) is 12.1 Å². The molecular formula is C22H28N4O2. The molecule has 6 heteroatoms. The lowest BCUT2D eigenvalue weighted by atomic mass is 9.95. The van der Waals surface area contributed by atoms with Crippen LogP contribution in [-0.2, 0) is 16.1 Å². The minimum atomic E-state index is -0.372. The van der Waals surface area contributed by atoms with Crippen molar-refractivity contribution in [3.63, 3.8) is 0 Å². The van der Waals surface area contributed by atoms with E-state index in [1.165, 1.54) is 5.56 Å². The summed E-state index contributed by atoms with van der Waals surface area (Å²) in [5.41, 5.74) is 2.19. The highest BCUT2D eigenvalue weighted by atomic mass is 16.2. The molecular weight excluding hydrogens is 352 g/mol. The molecule has 1 aromatic carbocycles. The van der Waals surface area contributed by atoms with Gasteiger partial charge in [0.2, 0.25) is 11.8 Å². The largest absolute Gasteiger partial charge is 0.332 e. The van der Waals surface area contributed by atoms with Crippen molar-refractivity contribution in [2.24, 2.45) is 5.92 Å². The fourth-order valence-corrected chi connectivity index (χ4v) is 4.46. The van der Waals surface area contributed by atoms with Gasteiger partial charge in [-0.25, -0.2) is 0 Å². The van der Waals surface area contributed by atoms with Crippen LogP contribution in [0.5, 0.6) is 0 Å². The van der Waals surface area contributed by atoms with Gasteiger partial charge >= 0.3 is 0 Å². The quantitative estimate of drug-likeness (QED) is 0.815. The van der Waals surface area contributed by atoms with Crippen molar-refractivity contribution in [3.05, 3.63) is 42.1 Å². The number of aromatic nitrogens is 1. The second kappa shape index (κ2) is 7.51. The van der Waals surface area contributed by atoms with Crippen LogP contribution in [0.4, 0.5) is 0 Å².